The number of benzene rings is 1. The molecule has 1 atom stereocenters. The Morgan fingerprint density at radius 3 is 2.65 bits per heavy atom. The van der Waals surface area contributed by atoms with Crippen molar-refractivity contribution in [2.75, 3.05) is 25.5 Å². The van der Waals surface area contributed by atoms with Crippen LogP contribution in [0.2, 0.25) is 5.02 Å². The summed E-state index contributed by atoms with van der Waals surface area (Å²) in [5.41, 5.74) is 3.09. The number of anilines is 1. The van der Waals surface area contributed by atoms with Gasteiger partial charge in [-0.1, -0.05) is 11.6 Å². The molecule has 3 aromatic rings. The van der Waals surface area contributed by atoms with Gasteiger partial charge in [-0.25, -0.2) is 13.9 Å². The highest BCUT2D eigenvalue weighted by Gasteiger charge is 2.49. The van der Waals surface area contributed by atoms with Crippen LogP contribution in [0.15, 0.2) is 30.6 Å². The predicted molar refractivity (Wildman–Crippen MR) is 140 cm³/mol. The third-order valence-corrected chi connectivity index (χ3v) is 8.57. The smallest absolute Gasteiger partial charge is 0.256 e. The zero-order valence-corrected chi connectivity index (χ0v) is 22.3. The Labute approximate surface area is 220 Å². The van der Waals surface area contributed by atoms with Crippen LogP contribution < -0.4 is 10.2 Å². The molecular weight excluding hydrogens is 495 g/mol. The van der Waals surface area contributed by atoms with Crippen molar-refractivity contribution in [1.29, 1.82) is 0 Å². The first-order valence-corrected chi connectivity index (χ1v) is 13.1. The van der Waals surface area contributed by atoms with E-state index in [0.29, 0.717) is 49.1 Å². The molecule has 2 aromatic heterocycles. The summed E-state index contributed by atoms with van der Waals surface area (Å²) in [5, 5.41) is 7.82. The monoisotopic (exact) mass is 526 g/mol. The molecule has 1 saturated carbocycles. The molecule has 1 aliphatic heterocycles. The van der Waals surface area contributed by atoms with Crippen LogP contribution in [0.25, 0.3) is 5.65 Å². The molecule has 1 unspecified atom stereocenters. The van der Waals surface area contributed by atoms with Crippen LogP contribution in [-0.2, 0) is 4.79 Å². The number of hydrogen-bond donors (Lipinski definition) is 1. The number of nitrogens with zero attached hydrogens (tertiary/aromatic N) is 5. The number of rotatable bonds is 5. The molecular formula is C27H32ClFN6O2. The summed E-state index contributed by atoms with van der Waals surface area (Å²) in [6.07, 6.45) is 6.91. The Hall–Kier alpha value is -3.04. The van der Waals surface area contributed by atoms with Crippen molar-refractivity contribution in [3.63, 3.8) is 0 Å². The van der Waals surface area contributed by atoms with E-state index in [1.165, 1.54) is 12.1 Å². The number of amides is 2. The van der Waals surface area contributed by atoms with Gasteiger partial charge in [0.15, 0.2) is 5.65 Å². The van der Waals surface area contributed by atoms with E-state index in [1.807, 2.05) is 27.2 Å². The lowest BCUT2D eigenvalue weighted by Gasteiger charge is -2.36. The molecule has 196 valence electrons. The Kier molecular flexibility index (Phi) is 6.70. The van der Waals surface area contributed by atoms with E-state index in [2.05, 4.69) is 27.2 Å². The number of nitrogens with one attached hydrogen (secondary N) is 1. The number of hydrogen-bond acceptors (Lipinski definition) is 5. The van der Waals surface area contributed by atoms with Crippen LogP contribution in [-0.4, -0.2) is 58.0 Å². The average molecular weight is 527 g/mol. The first kappa shape index (κ1) is 25.6. The van der Waals surface area contributed by atoms with Gasteiger partial charge >= 0.3 is 0 Å². The quantitative estimate of drug-likeness (QED) is 0.527. The Balaban J connectivity index is 1.25. The predicted octanol–water partition coefficient (Wildman–Crippen LogP) is 4.55. The van der Waals surface area contributed by atoms with Gasteiger partial charge in [-0.05, 0) is 78.2 Å². The van der Waals surface area contributed by atoms with Gasteiger partial charge in [0, 0.05) is 36.1 Å². The normalized spacial score (nSPS) is 22.8. The average Bonchev–Trinajstić information content (AvgIpc) is 3.43. The van der Waals surface area contributed by atoms with Crippen LogP contribution >= 0.6 is 11.6 Å². The topological polar surface area (TPSA) is 82.8 Å². The lowest BCUT2D eigenvalue weighted by atomic mass is 9.71. The molecule has 10 heteroatoms. The van der Waals surface area contributed by atoms with Crippen molar-refractivity contribution in [3.8, 4) is 0 Å². The molecule has 1 aromatic carbocycles. The second kappa shape index (κ2) is 9.68. The van der Waals surface area contributed by atoms with Crippen LogP contribution in [0, 0.1) is 18.2 Å². The molecule has 0 bridgehead atoms. The number of carbonyl (C=O) groups excluding carboxylic acids is 2. The first-order chi connectivity index (χ1) is 17.6. The van der Waals surface area contributed by atoms with E-state index >= 15 is 0 Å². The van der Waals surface area contributed by atoms with Crippen molar-refractivity contribution in [2.24, 2.45) is 5.41 Å². The summed E-state index contributed by atoms with van der Waals surface area (Å²) in [5.74, 6) is -0.587. The molecule has 2 amide bonds. The zero-order chi connectivity index (χ0) is 26.5. The summed E-state index contributed by atoms with van der Waals surface area (Å²) >= 11 is 6.23. The molecule has 0 radical (unpaired) electrons. The summed E-state index contributed by atoms with van der Waals surface area (Å²) in [6.45, 7) is 4.65. The Morgan fingerprint density at radius 2 is 1.97 bits per heavy atom. The number of halogens is 2. The SMILES string of the molecule is Cc1c(C(C)N(C)C)cnc2c(C(=O)N[C@H]3CC[C@@]4(CCN(c5ccc(F)cc5Cl)C4=O)CC3)cnn12. The van der Waals surface area contributed by atoms with Gasteiger partial charge in [0.1, 0.15) is 11.4 Å². The molecule has 2 fully saturated rings. The minimum atomic E-state index is -0.457. The molecule has 1 aliphatic carbocycles. The molecule has 1 spiro atoms. The minimum absolute atomic E-state index is 0.0292. The molecule has 5 rings (SSSR count). The fourth-order valence-corrected chi connectivity index (χ4v) is 5.97. The van der Waals surface area contributed by atoms with Crippen molar-refractivity contribution < 1.29 is 14.0 Å². The number of fused-ring (bicyclic) bond motifs is 1. The number of carbonyl (C=O) groups is 2. The van der Waals surface area contributed by atoms with Gasteiger partial charge in [-0.3, -0.25) is 9.59 Å². The molecule has 37 heavy (non-hydrogen) atoms. The van der Waals surface area contributed by atoms with Gasteiger partial charge in [0.25, 0.3) is 5.91 Å². The van der Waals surface area contributed by atoms with Crippen LogP contribution in [0.1, 0.15) is 66.7 Å². The second-order valence-corrected chi connectivity index (χ2v) is 11.0. The maximum atomic E-state index is 13.5. The lowest BCUT2D eigenvalue weighted by Crippen LogP contribution is -2.44. The molecule has 3 heterocycles. The van der Waals surface area contributed by atoms with E-state index in [1.54, 1.807) is 21.7 Å². The van der Waals surface area contributed by atoms with E-state index in [4.69, 9.17) is 11.6 Å². The van der Waals surface area contributed by atoms with Gasteiger partial charge in [-0.2, -0.15) is 5.10 Å². The maximum absolute atomic E-state index is 13.5. The van der Waals surface area contributed by atoms with Gasteiger partial charge in [0.2, 0.25) is 5.91 Å². The molecule has 1 N–H and O–H groups in total. The molecule has 2 aliphatic rings. The highest BCUT2D eigenvalue weighted by molar-refractivity contribution is 6.34. The molecule has 1 saturated heterocycles. The van der Waals surface area contributed by atoms with E-state index < -0.39 is 11.2 Å². The summed E-state index contributed by atoms with van der Waals surface area (Å²) in [7, 11) is 4.03. The standard InChI is InChI=1S/C27H32ClFN6O2/c1-16(33(3)4)20-14-30-24-21(15-31-35(24)17(20)2)25(36)32-19-7-9-27(10-8-19)11-12-34(26(27)37)23-6-5-18(29)13-22(23)28/h5-6,13-16,19H,7-12H2,1-4H3,(H,32,36)/t16?,19-,27-. The molecule has 8 nitrogen and oxygen atoms in total. The highest BCUT2D eigenvalue weighted by atomic mass is 35.5. The third-order valence-electron chi connectivity index (χ3n) is 8.27. The van der Waals surface area contributed by atoms with Crippen molar-refractivity contribution in [2.45, 2.75) is 58.0 Å². The lowest BCUT2D eigenvalue weighted by molar-refractivity contribution is -0.127. The van der Waals surface area contributed by atoms with Crippen LogP contribution in [0.5, 0.6) is 0 Å². The Bertz CT molecular complexity index is 1360. The van der Waals surface area contributed by atoms with Crippen molar-refractivity contribution in [3.05, 3.63) is 58.3 Å². The highest BCUT2D eigenvalue weighted by Crippen LogP contribution is 2.47. The number of aromatic nitrogens is 3. The second-order valence-electron chi connectivity index (χ2n) is 10.6. The maximum Gasteiger partial charge on any atom is 0.256 e. The van der Waals surface area contributed by atoms with Crippen molar-refractivity contribution in [1.82, 2.24) is 24.8 Å². The van der Waals surface area contributed by atoms with Crippen LogP contribution in [0.3, 0.4) is 0 Å². The first-order valence-electron chi connectivity index (χ1n) is 12.7. The van der Waals surface area contributed by atoms with E-state index in [-0.39, 0.29) is 28.9 Å². The van der Waals surface area contributed by atoms with Gasteiger partial charge in [0.05, 0.1) is 22.3 Å². The largest absolute Gasteiger partial charge is 0.349 e. The number of aryl methyl sites for hydroxylation is 1. The summed E-state index contributed by atoms with van der Waals surface area (Å²) in [4.78, 5) is 34.9. The van der Waals surface area contributed by atoms with E-state index in [9.17, 15) is 14.0 Å². The van der Waals surface area contributed by atoms with Gasteiger partial charge < -0.3 is 15.1 Å². The van der Waals surface area contributed by atoms with Gasteiger partial charge in [-0.15, -0.1) is 0 Å². The van der Waals surface area contributed by atoms with E-state index in [0.717, 1.165) is 17.7 Å². The Morgan fingerprint density at radius 1 is 1.24 bits per heavy atom. The fraction of sp³-hybridized carbons (Fsp3) is 0.481. The third kappa shape index (κ3) is 4.48. The summed E-state index contributed by atoms with van der Waals surface area (Å²) in [6, 6.07) is 4.27. The zero-order valence-electron chi connectivity index (χ0n) is 21.6. The van der Waals surface area contributed by atoms with Crippen LogP contribution in [0.4, 0.5) is 10.1 Å². The minimum Gasteiger partial charge on any atom is -0.349 e. The van der Waals surface area contributed by atoms with Crippen molar-refractivity contribution >= 4 is 34.7 Å². The fourth-order valence-electron chi connectivity index (χ4n) is 5.70. The summed E-state index contributed by atoms with van der Waals surface area (Å²) < 4.78 is 15.2.